The molecule has 2 aromatic rings. The fourth-order valence-electron chi connectivity index (χ4n) is 2.41. The van der Waals surface area contributed by atoms with E-state index in [9.17, 15) is 15.0 Å². The maximum Gasteiger partial charge on any atom is 0.515 e. The molecule has 0 fully saturated rings. The second-order valence-corrected chi connectivity index (χ2v) is 7.80. The molecule has 7 nitrogen and oxygen atoms in total. The molecule has 4 N–H and O–H groups in total. The summed E-state index contributed by atoms with van der Waals surface area (Å²) in [7, 11) is 0. The van der Waals surface area contributed by atoms with Crippen molar-refractivity contribution in [2.24, 2.45) is 5.92 Å². The quantitative estimate of drug-likeness (QED) is 0.585. The molecule has 0 amide bonds. The number of aliphatic hydroxyl groups excluding tert-OH is 1. The smallest absolute Gasteiger partial charge is 0.506 e. The lowest BCUT2D eigenvalue weighted by atomic mass is 10.0. The Morgan fingerprint density at radius 2 is 2.00 bits per heavy atom. The molecule has 0 bridgehead atoms. The Balaban J connectivity index is 2.21. The number of nitrogens with one attached hydrogen (secondary N) is 2. The molecule has 0 spiro atoms. The Kier molecular flexibility index (Phi) is 6.15. The van der Waals surface area contributed by atoms with Crippen molar-refractivity contribution in [1.82, 2.24) is 10.3 Å². The fourth-order valence-corrected chi connectivity index (χ4v) is 2.41. The zero-order valence-corrected chi connectivity index (χ0v) is 15.9. The first-order chi connectivity index (χ1) is 12.1. The Morgan fingerprint density at radius 3 is 2.62 bits per heavy atom. The number of H-pyrrole nitrogens is 1. The summed E-state index contributed by atoms with van der Waals surface area (Å²) in [6, 6.07) is 4.72. The molecule has 0 saturated carbocycles. The lowest BCUT2D eigenvalue weighted by Gasteiger charge is -2.23. The second kappa shape index (κ2) is 7.97. The Morgan fingerprint density at radius 1 is 1.31 bits per heavy atom. The highest BCUT2D eigenvalue weighted by atomic mass is 16.7. The highest BCUT2D eigenvalue weighted by Gasteiger charge is 2.19. The van der Waals surface area contributed by atoms with E-state index in [1.54, 1.807) is 12.1 Å². The van der Waals surface area contributed by atoms with Gasteiger partial charge in [-0.1, -0.05) is 19.9 Å². The van der Waals surface area contributed by atoms with Gasteiger partial charge in [0.1, 0.15) is 5.75 Å². The Hall–Kier alpha value is -2.25. The molecule has 2 rings (SSSR count). The largest absolute Gasteiger partial charge is 0.515 e. The maximum absolute atomic E-state index is 11.7. The highest BCUT2D eigenvalue weighted by Crippen LogP contribution is 2.33. The number of phenols is 1. The monoisotopic (exact) mass is 364 g/mol. The summed E-state index contributed by atoms with van der Waals surface area (Å²) in [5.41, 5.74) is 0.879. The van der Waals surface area contributed by atoms with Gasteiger partial charge in [0.05, 0.1) is 18.2 Å². The first-order valence-electron chi connectivity index (χ1n) is 8.69. The fraction of sp³-hybridized carbons (Fsp3) is 0.526. The van der Waals surface area contributed by atoms with E-state index in [4.69, 9.17) is 9.47 Å². The van der Waals surface area contributed by atoms with Gasteiger partial charge in [-0.2, -0.15) is 0 Å². The van der Waals surface area contributed by atoms with E-state index in [0.717, 1.165) is 0 Å². The van der Waals surface area contributed by atoms with Gasteiger partial charge in [-0.25, -0.2) is 4.79 Å². The van der Waals surface area contributed by atoms with Crippen LogP contribution >= 0.6 is 0 Å². The molecule has 0 aliphatic carbocycles. The molecule has 144 valence electrons. The van der Waals surface area contributed by atoms with Gasteiger partial charge < -0.3 is 30.0 Å². The molecule has 1 aromatic heterocycles. The van der Waals surface area contributed by atoms with Gasteiger partial charge in [0.2, 0.25) is 5.88 Å². The normalized spacial score (nSPS) is 13.2. The summed E-state index contributed by atoms with van der Waals surface area (Å²) in [6.07, 6.45) is -1.60. The summed E-state index contributed by atoms with van der Waals surface area (Å²) in [4.78, 5) is 14.6. The number of carbonyl (C=O) groups excluding carboxylic acids is 1. The average molecular weight is 364 g/mol. The van der Waals surface area contributed by atoms with E-state index in [1.165, 1.54) is 6.07 Å². The van der Waals surface area contributed by atoms with Crippen molar-refractivity contribution < 1.29 is 24.5 Å². The number of aromatic nitrogens is 1. The number of phenolic OH excluding ortho intramolecular Hbond substituents is 1. The lowest BCUT2D eigenvalue weighted by molar-refractivity contribution is 0.0874. The van der Waals surface area contributed by atoms with Crippen LogP contribution in [0.5, 0.6) is 11.6 Å². The number of fused-ring (bicyclic) bond motifs is 1. The average Bonchev–Trinajstić information content (AvgIpc) is 2.94. The summed E-state index contributed by atoms with van der Waals surface area (Å²) >= 11 is 0. The molecule has 0 aliphatic heterocycles. The predicted molar refractivity (Wildman–Crippen MR) is 99.5 cm³/mol. The third-order valence-corrected chi connectivity index (χ3v) is 3.69. The van der Waals surface area contributed by atoms with Gasteiger partial charge in [-0.3, -0.25) is 0 Å². The molecule has 1 heterocycles. The SMILES string of the molecule is CC(C)COC(=O)Oc1cc2c(C(O)CNC(C)(C)C)ccc(O)c2[nH]1. The van der Waals surface area contributed by atoms with Crippen molar-refractivity contribution in [3.05, 3.63) is 23.8 Å². The molecule has 7 heteroatoms. The van der Waals surface area contributed by atoms with Crippen LogP contribution in [0.25, 0.3) is 10.9 Å². The Labute approximate surface area is 153 Å². The van der Waals surface area contributed by atoms with Crippen molar-refractivity contribution in [2.75, 3.05) is 13.2 Å². The van der Waals surface area contributed by atoms with Crippen molar-refractivity contribution >= 4 is 17.1 Å². The molecule has 1 unspecified atom stereocenters. The minimum absolute atomic E-state index is 0.00475. The third kappa shape index (κ3) is 5.37. The van der Waals surface area contributed by atoms with Crippen molar-refractivity contribution in [3.8, 4) is 11.6 Å². The van der Waals surface area contributed by atoms with Gasteiger partial charge >= 0.3 is 6.16 Å². The third-order valence-electron chi connectivity index (χ3n) is 3.69. The van der Waals surface area contributed by atoms with Crippen LogP contribution in [0.1, 0.15) is 46.3 Å². The van der Waals surface area contributed by atoms with Gasteiger partial charge in [-0.15, -0.1) is 0 Å². The number of hydrogen-bond donors (Lipinski definition) is 4. The number of aliphatic hydroxyl groups is 1. The van der Waals surface area contributed by atoms with E-state index in [2.05, 4.69) is 10.3 Å². The van der Waals surface area contributed by atoms with Crippen molar-refractivity contribution in [1.29, 1.82) is 0 Å². The number of aromatic hydroxyl groups is 1. The number of rotatable bonds is 6. The van der Waals surface area contributed by atoms with Crippen LogP contribution in [-0.2, 0) is 4.74 Å². The van der Waals surface area contributed by atoms with Gasteiger partial charge in [0.25, 0.3) is 0 Å². The van der Waals surface area contributed by atoms with E-state index in [-0.39, 0.29) is 29.7 Å². The molecular formula is C19H28N2O5. The molecule has 1 atom stereocenters. The molecule has 26 heavy (non-hydrogen) atoms. The number of β-amino-alcohol motifs (C(OH)–C–C–N with tert-alkyl or cyclic N) is 1. The number of ether oxygens (including phenoxy) is 2. The number of benzene rings is 1. The number of carbonyl (C=O) groups is 1. The number of aromatic amines is 1. The van der Waals surface area contributed by atoms with Crippen LogP contribution in [0.4, 0.5) is 4.79 Å². The molecular weight excluding hydrogens is 336 g/mol. The molecule has 0 saturated heterocycles. The van der Waals surface area contributed by atoms with Gasteiger partial charge in [0, 0.05) is 23.5 Å². The van der Waals surface area contributed by atoms with Crippen LogP contribution < -0.4 is 10.1 Å². The van der Waals surface area contributed by atoms with Crippen molar-refractivity contribution in [2.45, 2.75) is 46.3 Å². The van der Waals surface area contributed by atoms with Crippen LogP contribution in [0.3, 0.4) is 0 Å². The van der Waals surface area contributed by atoms with E-state index >= 15 is 0 Å². The van der Waals surface area contributed by atoms with Crippen LogP contribution in [0.2, 0.25) is 0 Å². The van der Waals surface area contributed by atoms with Crippen molar-refractivity contribution in [3.63, 3.8) is 0 Å². The number of hydrogen-bond acceptors (Lipinski definition) is 6. The minimum atomic E-state index is -0.818. The summed E-state index contributed by atoms with van der Waals surface area (Å²) in [6.45, 7) is 10.5. The minimum Gasteiger partial charge on any atom is -0.506 e. The predicted octanol–water partition coefficient (Wildman–Crippen LogP) is 3.47. The highest BCUT2D eigenvalue weighted by molar-refractivity contribution is 5.90. The van der Waals surface area contributed by atoms with Crippen LogP contribution in [0.15, 0.2) is 18.2 Å². The first kappa shape index (κ1) is 20.1. The summed E-state index contributed by atoms with van der Waals surface area (Å²) in [5, 5.41) is 24.4. The van der Waals surface area contributed by atoms with Gasteiger partial charge in [-0.05, 0) is 38.3 Å². The maximum atomic E-state index is 11.7. The zero-order valence-electron chi connectivity index (χ0n) is 15.9. The molecule has 1 aromatic carbocycles. The topological polar surface area (TPSA) is 104 Å². The lowest BCUT2D eigenvalue weighted by Crippen LogP contribution is -2.38. The van der Waals surface area contributed by atoms with E-state index in [0.29, 0.717) is 23.0 Å². The van der Waals surface area contributed by atoms with Gasteiger partial charge in [0.15, 0.2) is 0 Å². The molecule has 0 aliphatic rings. The van der Waals surface area contributed by atoms with E-state index in [1.807, 2.05) is 34.6 Å². The van der Waals surface area contributed by atoms with Crippen LogP contribution in [0, 0.1) is 5.92 Å². The Bertz CT molecular complexity index is 761. The zero-order chi connectivity index (χ0) is 19.5. The second-order valence-electron chi connectivity index (χ2n) is 7.80. The first-order valence-corrected chi connectivity index (χ1v) is 8.69. The van der Waals surface area contributed by atoms with Crippen LogP contribution in [-0.4, -0.2) is 40.0 Å². The standard InChI is InChI=1S/C19H28N2O5/c1-11(2)10-25-18(24)26-16-8-13-12(6-7-14(22)17(13)21-16)15(23)9-20-19(3,4)5/h6-8,11,15,20-23H,9-10H2,1-5H3. The van der Waals surface area contributed by atoms with E-state index < -0.39 is 12.3 Å². The summed E-state index contributed by atoms with van der Waals surface area (Å²) < 4.78 is 10.1. The summed E-state index contributed by atoms with van der Waals surface area (Å²) in [5.74, 6) is 0.351. The molecule has 0 radical (unpaired) electrons.